The summed E-state index contributed by atoms with van der Waals surface area (Å²) in [6.07, 6.45) is 1.65. The van der Waals surface area contributed by atoms with Gasteiger partial charge in [-0.05, 0) is 42.3 Å². The van der Waals surface area contributed by atoms with Crippen LogP contribution < -0.4 is 0 Å². The highest BCUT2D eigenvalue weighted by Crippen LogP contribution is 2.32. The molecule has 3 rings (SSSR count). The van der Waals surface area contributed by atoms with E-state index in [4.69, 9.17) is 46.4 Å². The first-order chi connectivity index (χ1) is 13.8. The standard InChI is InChI=1S/C23H16Cl4O2/c1-2-5-13-10-11-14(22(28)20-16(24)6-3-7-17(20)25)15(12-13)23(29)21-18(26)8-4-9-19(21)27/h3-4,6-12H,2,5H2,1H3. The highest BCUT2D eigenvalue weighted by molar-refractivity contribution is 6.43. The van der Waals surface area contributed by atoms with E-state index in [9.17, 15) is 9.59 Å². The van der Waals surface area contributed by atoms with Gasteiger partial charge in [0, 0.05) is 11.1 Å². The van der Waals surface area contributed by atoms with Crippen LogP contribution in [0.1, 0.15) is 50.8 Å². The molecule has 3 aromatic rings. The minimum absolute atomic E-state index is 0.151. The number of benzene rings is 3. The predicted octanol–water partition coefficient (Wildman–Crippen LogP) is 7.71. The third-order valence-electron chi connectivity index (χ3n) is 4.49. The van der Waals surface area contributed by atoms with Crippen LogP contribution in [0.5, 0.6) is 0 Å². The van der Waals surface area contributed by atoms with Crippen LogP contribution in [0.4, 0.5) is 0 Å². The van der Waals surface area contributed by atoms with Crippen molar-refractivity contribution in [3.05, 3.63) is 103 Å². The van der Waals surface area contributed by atoms with E-state index in [0.717, 1.165) is 18.4 Å². The van der Waals surface area contributed by atoms with Gasteiger partial charge in [-0.1, -0.05) is 84.0 Å². The third-order valence-corrected chi connectivity index (χ3v) is 5.75. The molecule has 2 nitrogen and oxygen atoms in total. The summed E-state index contributed by atoms with van der Waals surface area (Å²) in [6.45, 7) is 2.04. The quantitative estimate of drug-likeness (QED) is 0.349. The van der Waals surface area contributed by atoms with Gasteiger partial charge in [-0.3, -0.25) is 9.59 Å². The molecule has 29 heavy (non-hydrogen) atoms. The molecule has 0 radical (unpaired) electrons. The average Bonchev–Trinajstić information content (AvgIpc) is 2.67. The van der Waals surface area contributed by atoms with E-state index < -0.39 is 11.6 Å². The molecular weight excluding hydrogens is 450 g/mol. The molecule has 0 fully saturated rings. The number of hydrogen-bond donors (Lipinski definition) is 0. The molecule has 0 aliphatic heterocycles. The largest absolute Gasteiger partial charge is 0.288 e. The summed E-state index contributed by atoms with van der Waals surface area (Å²) >= 11 is 24.9. The van der Waals surface area contributed by atoms with E-state index in [0.29, 0.717) is 0 Å². The van der Waals surface area contributed by atoms with Crippen molar-refractivity contribution in [3.8, 4) is 0 Å². The second kappa shape index (κ2) is 9.32. The normalized spacial score (nSPS) is 10.8. The number of rotatable bonds is 6. The highest BCUT2D eigenvalue weighted by atomic mass is 35.5. The Hall–Kier alpha value is -1.84. The Labute approximate surface area is 189 Å². The summed E-state index contributed by atoms with van der Waals surface area (Å²) in [6, 6.07) is 14.8. The number of carbonyl (C=O) groups is 2. The summed E-state index contributed by atoms with van der Waals surface area (Å²) in [4.78, 5) is 26.7. The smallest absolute Gasteiger partial charge is 0.196 e. The average molecular weight is 466 g/mol. The van der Waals surface area contributed by atoms with Crippen molar-refractivity contribution >= 4 is 58.0 Å². The molecule has 0 aromatic heterocycles. The first-order valence-electron chi connectivity index (χ1n) is 8.95. The lowest BCUT2D eigenvalue weighted by Gasteiger charge is -2.14. The van der Waals surface area contributed by atoms with E-state index in [2.05, 4.69) is 0 Å². The zero-order valence-electron chi connectivity index (χ0n) is 15.4. The number of aryl methyl sites for hydroxylation is 1. The summed E-state index contributed by atoms with van der Waals surface area (Å²) < 4.78 is 0. The lowest BCUT2D eigenvalue weighted by atomic mass is 9.91. The minimum Gasteiger partial charge on any atom is -0.288 e. The van der Waals surface area contributed by atoms with Crippen LogP contribution in [-0.2, 0) is 6.42 Å². The van der Waals surface area contributed by atoms with Gasteiger partial charge in [0.05, 0.1) is 31.2 Å². The molecule has 0 aliphatic rings. The van der Waals surface area contributed by atoms with E-state index in [1.165, 1.54) is 0 Å². The molecule has 0 bridgehead atoms. The first kappa shape index (κ1) is 21.9. The molecule has 0 heterocycles. The Kier molecular flexibility index (Phi) is 7.02. The van der Waals surface area contributed by atoms with E-state index in [1.54, 1.807) is 48.5 Å². The van der Waals surface area contributed by atoms with Crippen molar-refractivity contribution in [2.45, 2.75) is 19.8 Å². The van der Waals surface area contributed by atoms with Gasteiger partial charge in [0.2, 0.25) is 0 Å². The topological polar surface area (TPSA) is 34.1 Å². The van der Waals surface area contributed by atoms with Crippen LogP contribution in [0.25, 0.3) is 0 Å². The fourth-order valence-electron chi connectivity index (χ4n) is 3.12. The van der Waals surface area contributed by atoms with Gasteiger partial charge < -0.3 is 0 Å². The fraction of sp³-hybridized carbons (Fsp3) is 0.130. The zero-order valence-corrected chi connectivity index (χ0v) is 18.5. The molecule has 0 unspecified atom stereocenters. The van der Waals surface area contributed by atoms with Gasteiger partial charge in [0.1, 0.15) is 0 Å². The van der Waals surface area contributed by atoms with Gasteiger partial charge in [-0.2, -0.15) is 0 Å². The maximum absolute atomic E-state index is 13.4. The van der Waals surface area contributed by atoms with E-state index in [-0.39, 0.29) is 42.3 Å². The Morgan fingerprint density at radius 2 is 1.14 bits per heavy atom. The van der Waals surface area contributed by atoms with Gasteiger partial charge in [0.25, 0.3) is 0 Å². The summed E-state index contributed by atoms with van der Waals surface area (Å²) in [5.41, 5.74) is 1.65. The van der Waals surface area contributed by atoms with Crippen molar-refractivity contribution < 1.29 is 9.59 Å². The number of hydrogen-bond acceptors (Lipinski definition) is 2. The van der Waals surface area contributed by atoms with E-state index >= 15 is 0 Å². The molecule has 0 amide bonds. The van der Waals surface area contributed by atoms with Crippen molar-refractivity contribution in [2.75, 3.05) is 0 Å². The van der Waals surface area contributed by atoms with Gasteiger partial charge in [-0.15, -0.1) is 0 Å². The van der Waals surface area contributed by atoms with Crippen molar-refractivity contribution in [1.29, 1.82) is 0 Å². The molecule has 6 heteroatoms. The lowest BCUT2D eigenvalue weighted by molar-refractivity contribution is 0.100. The second-order valence-electron chi connectivity index (χ2n) is 6.48. The fourth-order valence-corrected chi connectivity index (χ4v) is 4.26. The molecule has 0 atom stereocenters. The van der Waals surface area contributed by atoms with Gasteiger partial charge in [-0.25, -0.2) is 0 Å². The SMILES string of the molecule is CCCc1ccc(C(=O)c2c(Cl)cccc2Cl)c(C(=O)c2c(Cl)cccc2Cl)c1. The zero-order chi connectivity index (χ0) is 21.1. The van der Waals surface area contributed by atoms with Crippen molar-refractivity contribution in [2.24, 2.45) is 0 Å². The molecule has 0 aliphatic carbocycles. The molecule has 0 N–H and O–H groups in total. The molecule has 3 aromatic carbocycles. The molecule has 148 valence electrons. The molecule has 0 saturated carbocycles. The minimum atomic E-state index is -0.435. The molecular formula is C23H16Cl4O2. The van der Waals surface area contributed by atoms with Crippen LogP contribution in [0.3, 0.4) is 0 Å². The second-order valence-corrected chi connectivity index (χ2v) is 8.11. The Balaban J connectivity index is 2.21. The summed E-state index contributed by atoms with van der Waals surface area (Å²) in [7, 11) is 0. The van der Waals surface area contributed by atoms with Crippen LogP contribution in [-0.4, -0.2) is 11.6 Å². The number of carbonyl (C=O) groups excluding carboxylic acids is 2. The van der Waals surface area contributed by atoms with Crippen molar-refractivity contribution in [1.82, 2.24) is 0 Å². The third kappa shape index (κ3) is 4.51. The van der Waals surface area contributed by atoms with Crippen molar-refractivity contribution in [3.63, 3.8) is 0 Å². The maximum atomic E-state index is 13.4. The Morgan fingerprint density at radius 1 is 0.690 bits per heavy atom. The maximum Gasteiger partial charge on any atom is 0.196 e. The molecule has 0 spiro atoms. The summed E-state index contributed by atoms with van der Waals surface area (Å²) in [5.74, 6) is -0.861. The van der Waals surface area contributed by atoms with E-state index in [1.807, 2.05) is 13.0 Å². The Bertz CT molecular complexity index is 1070. The Morgan fingerprint density at radius 3 is 1.59 bits per heavy atom. The summed E-state index contributed by atoms with van der Waals surface area (Å²) in [5, 5.41) is 0.874. The van der Waals surface area contributed by atoms with Crippen LogP contribution >= 0.6 is 46.4 Å². The number of halogens is 4. The lowest BCUT2D eigenvalue weighted by Crippen LogP contribution is -2.13. The monoisotopic (exact) mass is 464 g/mol. The van der Waals surface area contributed by atoms with Crippen LogP contribution in [0, 0.1) is 0 Å². The molecule has 0 saturated heterocycles. The highest BCUT2D eigenvalue weighted by Gasteiger charge is 2.25. The first-order valence-corrected chi connectivity index (χ1v) is 10.5. The predicted molar refractivity (Wildman–Crippen MR) is 120 cm³/mol. The number of ketones is 2. The van der Waals surface area contributed by atoms with Crippen LogP contribution in [0.2, 0.25) is 20.1 Å². The van der Waals surface area contributed by atoms with Gasteiger partial charge in [0.15, 0.2) is 11.6 Å². The van der Waals surface area contributed by atoms with Gasteiger partial charge >= 0.3 is 0 Å². The van der Waals surface area contributed by atoms with Crippen LogP contribution in [0.15, 0.2) is 54.6 Å².